The normalized spacial score (nSPS) is 23.6. The van der Waals surface area contributed by atoms with E-state index in [4.69, 9.17) is 5.73 Å². The molecule has 1 aromatic heterocycles. The van der Waals surface area contributed by atoms with Gasteiger partial charge in [0.1, 0.15) is 5.82 Å². The van der Waals surface area contributed by atoms with Crippen LogP contribution in [0.1, 0.15) is 24.8 Å². The molecule has 1 aliphatic carbocycles. The van der Waals surface area contributed by atoms with Crippen molar-refractivity contribution < 1.29 is 4.92 Å². The highest BCUT2D eigenvalue weighted by Gasteiger charge is 2.24. The van der Waals surface area contributed by atoms with Crippen molar-refractivity contribution in [2.75, 3.05) is 5.32 Å². The number of hydrogen-bond acceptors (Lipinski definition) is 5. The van der Waals surface area contributed by atoms with Crippen LogP contribution in [0, 0.1) is 17.0 Å². The Morgan fingerprint density at radius 3 is 2.94 bits per heavy atom. The average molecular weight is 236 g/mol. The lowest BCUT2D eigenvalue weighted by Crippen LogP contribution is -2.35. The van der Waals surface area contributed by atoms with Crippen molar-refractivity contribution in [3.8, 4) is 0 Å². The van der Waals surface area contributed by atoms with Crippen LogP contribution >= 0.6 is 0 Å². The monoisotopic (exact) mass is 236 g/mol. The highest BCUT2D eigenvalue weighted by Crippen LogP contribution is 2.24. The fourth-order valence-electron chi connectivity index (χ4n) is 2.15. The van der Waals surface area contributed by atoms with E-state index >= 15 is 0 Å². The van der Waals surface area contributed by atoms with Crippen LogP contribution in [0.5, 0.6) is 0 Å². The minimum atomic E-state index is -0.392. The van der Waals surface area contributed by atoms with Crippen molar-refractivity contribution in [1.82, 2.24) is 4.98 Å². The van der Waals surface area contributed by atoms with Crippen LogP contribution in [0.3, 0.4) is 0 Å². The Labute approximate surface area is 99.4 Å². The number of aryl methyl sites for hydroxylation is 1. The molecule has 3 N–H and O–H groups in total. The van der Waals surface area contributed by atoms with Gasteiger partial charge in [-0.15, -0.1) is 0 Å². The molecule has 6 heteroatoms. The molecule has 1 fully saturated rings. The first-order valence-corrected chi connectivity index (χ1v) is 5.71. The van der Waals surface area contributed by atoms with Crippen LogP contribution in [0.25, 0.3) is 0 Å². The largest absolute Gasteiger partial charge is 0.366 e. The van der Waals surface area contributed by atoms with Crippen molar-refractivity contribution in [1.29, 1.82) is 0 Å². The molecule has 0 aromatic carbocycles. The molecule has 17 heavy (non-hydrogen) atoms. The summed E-state index contributed by atoms with van der Waals surface area (Å²) >= 11 is 0. The van der Waals surface area contributed by atoms with Crippen LogP contribution in [-0.4, -0.2) is 22.0 Å². The van der Waals surface area contributed by atoms with Gasteiger partial charge in [-0.1, -0.05) is 0 Å². The van der Waals surface area contributed by atoms with Gasteiger partial charge >= 0.3 is 0 Å². The maximum atomic E-state index is 10.8. The summed E-state index contributed by atoms with van der Waals surface area (Å²) in [6.45, 7) is 1.68. The minimum absolute atomic E-state index is 0.0917. The lowest BCUT2D eigenvalue weighted by atomic mass is 10.2. The zero-order valence-electron chi connectivity index (χ0n) is 9.72. The number of nitrogens with two attached hydrogens (primary N) is 1. The molecule has 1 saturated carbocycles. The number of nitrogens with one attached hydrogen (secondary N) is 1. The standard InChI is InChI=1S/C11H16N4O2/c1-7-6-13-11(5-10(7)15(16)17)14-9-4-2-3-8(9)12/h5-6,8-9H,2-4,12H2,1H3,(H,13,14). The number of rotatable bonds is 3. The van der Waals surface area contributed by atoms with E-state index in [0.717, 1.165) is 19.3 Å². The second-order valence-electron chi connectivity index (χ2n) is 4.46. The molecule has 1 aliphatic rings. The maximum absolute atomic E-state index is 10.8. The molecular weight excluding hydrogens is 220 g/mol. The van der Waals surface area contributed by atoms with Crippen LogP contribution in [-0.2, 0) is 0 Å². The summed E-state index contributed by atoms with van der Waals surface area (Å²) in [5.41, 5.74) is 6.59. The quantitative estimate of drug-likeness (QED) is 0.614. The first-order chi connectivity index (χ1) is 8.08. The van der Waals surface area contributed by atoms with E-state index in [9.17, 15) is 10.1 Å². The SMILES string of the molecule is Cc1cnc(NC2CCCC2N)cc1[N+](=O)[O-]. The Bertz CT molecular complexity index is 435. The van der Waals surface area contributed by atoms with Gasteiger partial charge in [0, 0.05) is 23.8 Å². The predicted octanol–water partition coefficient (Wildman–Crippen LogP) is 1.59. The molecule has 2 unspecified atom stereocenters. The van der Waals surface area contributed by atoms with E-state index in [1.807, 2.05) is 0 Å². The third-order valence-corrected chi connectivity index (χ3v) is 3.17. The summed E-state index contributed by atoms with van der Waals surface area (Å²) in [6, 6.07) is 1.75. The molecule has 1 aromatic rings. The van der Waals surface area contributed by atoms with E-state index < -0.39 is 4.92 Å². The molecule has 0 saturated heterocycles. The van der Waals surface area contributed by atoms with Gasteiger partial charge in [-0.2, -0.15) is 0 Å². The Balaban J connectivity index is 2.16. The molecule has 2 rings (SSSR count). The number of nitrogens with zero attached hydrogens (tertiary/aromatic N) is 2. The predicted molar refractivity (Wildman–Crippen MR) is 64.9 cm³/mol. The summed E-state index contributed by atoms with van der Waals surface area (Å²) in [4.78, 5) is 14.6. The van der Waals surface area contributed by atoms with Gasteiger partial charge < -0.3 is 11.1 Å². The molecule has 6 nitrogen and oxygen atoms in total. The van der Waals surface area contributed by atoms with Gasteiger partial charge in [0.2, 0.25) is 0 Å². The Morgan fingerprint density at radius 1 is 1.59 bits per heavy atom. The van der Waals surface area contributed by atoms with E-state index in [-0.39, 0.29) is 17.8 Å². The van der Waals surface area contributed by atoms with Crippen molar-refractivity contribution in [3.05, 3.63) is 27.9 Å². The van der Waals surface area contributed by atoms with Crippen LogP contribution in [0.4, 0.5) is 11.5 Å². The summed E-state index contributed by atoms with van der Waals surface area (Å²) in [5.74, 6) is 0.532. The Hall–Kier alpha value is -1.69. The van der Waals surface area contributed by atoms with Gasteiger partial charge in [-0.25, -0.2) is 4.98 Å². The molecule has 1 heterocycles. The highest BCUT2D eigenvalue weighted by atomic mass is 16.6. The van der Waals surface area contributed by atoms with Crippen molar-refractivity contribution >= 4 is 11.5 Å². The smallest absolute Gasteiger partial charge is 0.277 e. The summed E-state index contributed by atoms with van der Waals surface area (Å²) in [7, 11) is 0. The summed E-state index contributed by atoms with van der Waals surface area (Å²) in [6.07, 6.45) is 4.59. The Kier molecular flexibility index (Phi) is 3.23. The Morgan fingerprint density at radius 2 is 2.35 bits per heavy atom. The molecule has 0 bridgehead atoms. The van der Waals surface area contributed by atoms with Gasteiger partial charge in [-0.05, 0) is 26.2 Å². The molecule has 0 amide bonds. The first kappa shape index (κ1) is 11.8. The second-order valence-corrected chi connectivity index (χ2v) is 4.46. The molecule has 92 valence electrons. The number of aromatic nitrogens is 1. The summed E-state index contributed by atoms with van der Waals surface area (Å²) < 4.78 is 0. The fourth-order valence-corrected chi connectivity index (χ4v) is 2.15. The van der Waals surface area contributed by atoms with Crippen LogP contribution < -0.4 is 11.1 Å². The molecule has 0 spiro atoms. The van der Waals surface area contributed by atoms with Gasteiger partial charge in [0.25, 0.3) is 5.69 Å². The molecule has 0 aliphatic heterocycles. The van der Waals surface area contributed by atoms with Gasteiger partial charge in [-0.3, -0.25) is 10.1 Å². The number of anilines is 1. The zero-order chi connectivity index (χ0) is 12.4. The minimum Gasteiger partial charge on any atom is -0.366 e. The first-order valence-electron chi connectivity index (χ1n) is 5.71. The number of pyridine rings is 1. The molecular formula is C11H16N4O2. The zero-order valence-corrected chi connectivity index (χ0v) is 9.72. The third kappa shape index (κ3) is 2.52. The lowest BCUT2D eigenvalue weighted by molar-refractivity contribution is -0.385. The van der Waals surface area contributed by atoms with Gasteiger partial charge in [0.05, 0.1) is 11.0 Å². The molecule has 2 atom stereocenters. The second kappa shape index (κ2) is 4.67. The average Bonchev–Trinajstić information content (AvgIpc) is 2.67. The number of nitro groups is 1. The van der Waals surface area contributed by atoms with E-state index in [2.05, 4.69) is 10.3 Å². The maximum Gasteiger partial charge on any atom is 0.277 e. The van der Waals surface area contributed by atoms with Gasteiger partial charge in [0.15, 0.2) is 0 Å². The third-order valence-electron chi connectivity index (χ3n) is 3.17. The van der Waals surface area contributed by atoms with Crippen molar-refractivity contribution in [2.45, 2.75) is 38.3 Å². The van der Waals surface area contributed by atoms with Crippen molar-refractivity contribution in [2.24, 2.45) is 5.73 Å². The van der Waals surface area contributed by atoms with Crippen molar-refractivity contribution in [3.63, 3.8) is 0 Å². The summed E-state index contributed by atoms with van der Waals surface area (Å²) in [5, 5.41) is 14.0. The lowest BCUT2D eigenvalue weighted by Gasteiger charge is -2.17. The number of hydrogen-bond donors (Lipinski definition) is 2. The van der Waals surface area contributed by atoms with Crippen LogP contribution in [0.15, 0.2) is 12.3 Å². The van der Waals surface area contributed by atoms with E-state index in [0.29, 0.717) is 11.4 Å². The highest BCUT2D eigenvalue weighted by molar-refractivity contribution is 5.49. The topological polar surface area (TPSA) is 94.1 Å². The molecule has 0 radical (unpaired) electrons. The van der Waals surface area contributed by atoms with E-state index in [1.165, 1.54) is 12.3 Å². The fraction of sp³-hybridized carbons (Fsp3) is 0.545. The van der Waals surface area contributed by atoms with E-state index in [1.54, 1.807) is 6.92 Å². The van der Waals surface area contributed by atoms with Crippen LogP contribution in [0.2, 0.25) is 0 Å².